The highest BCUT2D eigenvalue weighted by molar-refractivity contribution is 5.39. The summed E-state index contributed by atoms with van der Waals surface area (Å²) in [6.07, 6.45) is 1.82. The molecule has 4 heteroatoms. The molecule has 0 heterocycles. The van der Waals surface area contributed by atoms with Crippen molar-refractivity contribution in [2.45, 2.75) is 39.7 Å². The van der Waals surface area contributed by atoms with Gasteiger partial charge in [0.15, 0.2) is 0 Å². The molecule has 0 saturated carbocycles. The minimum atomic E-state index is -0.313. The molecule has 0 bridgehead atoms. The summed E-state index contributed by atoms with van der Waals surface area (Å²) in [5.74, 6) is 0.665. The highest BCUT2D eigenvalue weighted by atomic mass is 16.6. The van der Waals surface area contributed by atoms with Gasteiger partial charge in [-0.05, 0) is 32.2 Å². The summed E-state index contributed by atoms with van der Waals surface area (Å²) in [5, 5.41) is 14.3. The van der Waals surface area contributed by atoms with Gasteiger partial charge in [-0.1, -0.05) is 32.0 Å². The number of nitrogens with zero attached hydrogens (tertiary/aromatic N) is 1. The van der Waals surface area contributed by atoms with Gasteiger partial charge in [0.1, 0.15) is 0 Å². The van der Waals surface area contributed by atoms with Crippen molar-refractivity contribution in [1.29, 1.82) is 0 Å². The summed E-state index contributed by atoms with van der Waals surface area (Å²) in [6, 6.07) is 7.39. The predicted octanol–water partition coefficient (Wildman–Crippen LogP) is 3.16. The van der Waals surface area contributed by atoms with Gasteiger partial charge in [0, 0.05) is 17.7 Å². The van der Waals surface area contributed by atoms with Crippen molar-refractivity contribution in [3.05, 3.63) is 39.9 Å². The van der Waals surface area contributed by atoms with Crippen LogP contribution in [0.3, 0.4) is 0 Å². The highest BCUT2D eigenvalue weighted by Crippen LogP contribution is 2.17. The molecule has 0 radical (unpaired) electrons. The molecule has 4 nitrogen and oxygen atoms in total. The fraction of sp³-hybridized carbons (Fsp3) is 0.571. The number of para-hydroxylation sites is 1. The van der Waals surface area contributed by atoms with Crippen LogP contribution in [0.4, 0.5) is 5.69 Å². The van der Waals surface area contributed by atoms with Crippen molar-refractivity contribution < 1.29 is 4.92 Å². The van der Waals surface area contributed by atoms with E-state index < -0.39 is 0 Å². The Hall–Kier alpha value is -1.42. The molecule has 0 spiro atoms. The molecule has 1 rings (SSSR count). The molecule has 18 heavy (non-hydrogen) atoms. The fourth-order valence-electron chi connectivity index (χ4n) is 2.14. The van der Waals surface area contributed by atoms with E-state index in [9.17, 15) is 10.1 Å². The number of nitro groups is 1. The summed E-state index contributed by atoms with van der Waals surface area (Å²) in [6.45, 7) is 7.32. The van der Waals surface area contributed by atoms with Gasteiger partial charge in [-0.2, -0.15) is 0 Å². The number of benzene rings is 1. The van der Waals surface area contributed by atoms with Gasteiger partial charge in [-0.25, -0.2) is 0 Å². The van der Waals surface area contributed by atoms with Crippen LogP contribution in [0.25, 0.3) is 0 Å². The number of nitrogens with one attached hydrogen (secondary N) is 1. The van der Waals surface area contributed by atoms with E-state index in [2.05, 4.69) is 26.1 Å². The maximum absolute atomic E-state index is 10.8. The smallest absolute Gasteiger partial charge is 0.272 e. The molecule has 0 aliphatic heterocycles. The highest BCUT2D eigenvalue weighted by Gasteiger charge is 2.12. The summed E-state index contributed by atoms with van der Waals surface area (Å²) >= 11 is 0. The van der Waals surface area contributed by atoms with Gasteiger partial charge >= 0.3 is 0 Å². The lowest BCUT2D eigenvalue weighted by Gasteiger charge is -2.15. The van der Waals surface area contributed by atoms with E-state index in [1.165, 1.54) is 0 Å². The Labute approximate surface area is 109 Å². The monoisotopic (exact) mass is 250 g/mol. The Kier molecular flexibility index (Phi) is 5.78. The Morgan fingerprint density at radius 2 is 1.94 bits per heavy atom. The van der Waals surface area contributed by atoms with Gasteiger partial charge in [-0.3, -0.25) is 10.1 Å². The van der Waals surface area contributed by atoms with Gasteiger partial charge in [0.05, 0.1) is 4.92 Å². The molecule has 0 aliphatic rings. The van der Waals surface area contributed by atoms with E-state index in [4.69, 9.17) is 0 Å². The van der Waals surface area contributed by atoms with Crippen molar-refractivity contribution in [3.8, 4) is 0 Å². The van der Waals surface area contributed by atoms with Gasteiger partial charge in [-0.15, -0.1) is 0 Å². The van der Waals surface area contributed by atoms with E-state index in [0.717, 1.165) is 18.5 Å². The zero-order valence-electron chi connectivity index (χ0n) is 11.3. The molecule has 1 aromatic carbocycles. The number of hydrogen-bond acceptors (Lipinski definition) is 3. The lowest BCUT2D eigenvalue weighted by atomic mass is 10.0. The second kappa shape index (κ2) is 7.11. The zero-order valence-corrected chi connectivity index (χ0v) is 11.3. The standard InChI is InChI=1S/C14H22N2O2/c1-11(2)10-12(3)15-9-8-13-6-4-5-7-14(13)16(17)18/h4-7,11-12,15H,8-10H2,1-3H3. The maximum Gasteiger partial charge on any atom is 0.272 e. The van der Waals surface area contributed by atoms with Gasteiger partial charge in [0.2, 0.25) is 0 Å². The zero-order chi connectivity index (χ0) is 13.5. The molecular formula is C14H22N2O2. The second-order valence-corrected chi connectivity index (χ2v) is 5.12. The first kappa shape index (κ1) is 14.6. The van der Waals surface area contributed by atoms with Crippen LogP contribution in [0.5, 0.6) is 0 Å². The normalized spacial score (nSPS) is 12.7. The molecule has 0 amide bonds. The van der Waals surface area contributed by atoms with Crippen molar-refractivity contribution in [3.63, 3.8) is 0 Å². The van der Waals surface area contributed by atoms with E-state index >= 15 is 0 Å². The second-order valence-electron chi connectivity index (χ2n) is 5.12. The minimum Gasteiger partial charge on any atom is -0.314 e. The Bertz CT molecular complexity index is 391. The molecule has 0 aliphatic carbocycles. The third-order valence-electron chi connectivity index (χ3n) is 2.90. The summed E-state index contributed by atoms with van der Waals surface area (Å²) < 4.78 is 0. The molecule has 100 valence electrons. The number of nitro benzene ring substituents is 1. The quantitative estimate of drug-likeness (QED) is 0.597. The van der Waals surface area contributed by atoms with Crippen LogP contribution in [0.15, 0.2) is 24.3 Å². The van der Waals surface area contributed by atoms with Crippen molar-refractivity contribution in [2.24, 2.45) is 5.92 Å². The molecule has 0 saturated heterocycles. The van der Waals surface area contributed by atoms with Crippen molar-refractivity contribution in [2.75, 3.05) is 6.54 Å². The van der Waals surface area contributed by atoms with Crippen LogP contribution in [0.1, 0.15) is 32.8 Å². The third kappa shape index (κ3) is 4.84. The molecule has 0 fully saturated rings. The van der Waals surface area contributed by atoms with Crippen LogP contribution in [-0.2, 0) is 6.42 Å². The van der Waals surface area contributed by atoms with E-state index in [1.807, 2.05) is 12.1 Å². The van der Waals surface area contributed by atoms with Gasteiger partial charge in [0.25, 0.3) is 5.69 Å². The first-order valence-electron chi connectivity index (χ1n) is 6.46. The average molecular weight is 250 g/mol. The van der Waals surface area contributed by atoms with Crippen LogP contribution in [0.2, 0.25) is 0 Å². The predicted molar refractivity (Wildman–Crippen MR) is 73.7 cm³/mol. The van der Waals surface area contributed by atoms with Crippen LogP contribution < -0.4 is 5.32 Å². The molecule has 0 aromatic heterocycles. The van der Waals surface area contributed by atoms with E-state index in [1.54, 1.807) is 12.1 Å². The first-order valence-corrected chi connectivity index (χ1v) is 6.46. The Balaban J connectivity index is 2.46. The van der Waals surface area contributed by atoms with Crippen LogP contribution in [0, 0.1) is 16.0 Å². The molecule has 1 aromatic rings. The Morgan fingerprint density at radius 1 is 1.28 bits per heavy atom. The van der Waals surface area contributed by atoms with E-state index in [0.29, 0.717) is 18.4 Å². The fourth-order valence-corrected chi connectivity index (χ4v) is 2.14. The Morgan fingerprint density at radius 3 is 2.56 bits per heavy atom. The largest absolute Gasteiger partial charge is 0.314 e. The lowest BCUT2D eigenvalue weighted by Crippen LogP contribution is -2.29. The van der Waals surface area contributed by atoms with Crippen LogP contribution >= 0.6 is 0 Å². The lowest BCUT2D eigenvalue weighted by molar-refractivity contribution is -0.385. The summed E-state index contributed by atoms with van der Waals surface area (Å²) in [5.41, 5.74) is 1.02. The molecule has 1 atom stereocenters. The van der Waals surface area contributed by atoms with Crippen molar-refractivity contribution >= 4 is 5.69 Å². The van der Waals surface area contributed by atoms with Crippen LogP contribution in [-0.4, -0.2) is 17.5 Å². The molecule has 1 unspecified atom stereocenters. The minimum absolute atomic E-state index is 0.218. The first-order chi connectivity index (χ1) is 8.50. The maximum atomic E-state index is 10.8. The van der Waals surface area contributed by atoms with E-state index in [-0.39, 0.29) is 10.6 Å². The van der Waals surface area contributed by atoms with Crippen molar-refractivity contribution in [1.82, 2.24) is 5.32 Å². The SMILES string of the molecule is CC(C)CC(C)NCCc1ccccc1[N+](=O)[O-]. The molecular weight excluding hydrogens is 228 g/mol. The third-order valence-corrected chi connectivity index (χ3v) is 2.90. The average Bonchev–Trinajstić information content (AvgIpc) is 2.28. The number of hydrogen-bond donors (Lipinski definition) is 1. The topological polar surface area (TPSA) is 55.2 Å². The summed E-state index contributed by atoms with van der Waals surface area (Å²) in [7, 11) is 0. The number of rotatable bonds is 7. The van der Waals surface area contributed by atoms with Gasteiger partial charge < -0.3 is 5.32 Å². The molecule has 1 N–H and O–H groups in total. The summed E-state index contributed by atoms with van der Waals surface area (Å²) in [4.78, 5) is 10.5.